The molecule has 7 nitrogen and oxygen atoms in total. The van der Waals surface area contributed by atoms with Crippen molar-refractivity contribution in [2.75, 3.05) is 0 Å². The van der Waals surface area contributed by atoms with Crippen molar-refractivity contribution in [3.63, 3.8) is 0 Å². The highest BCUT2D eigenvalue weighted by Gasteiger charge is 2.31. The highest BCUT2D eigenvalue weighted by molar-refractivity contribution is 5.87. The molecule has 0 amide bonds. The summed E-state index contributed by atoms with van der Waals surface area (Å²) in [7, 11) is 0. The molecule has 0 aliphatic heterocycles. The minimum absolute atomic E-state index is 0.0386. The summed E-state index contributed by atoms with van der Waals surface area (Å²) in [4.78, 5) is 22.3. The first kappa shape index (κ1) is 13.5. The van der Waals surface area contributed by atoms with Crippen molar-refractivity contribution < 1.29 is 19.8 Å². The minimum Gasteiger partial charge on any atom is -0.480 e. The van der Waals surface area contributed by atoms with E-state index in [0.717, 1.165) is 32.1 Å². The molecule has 1 saturated carbocycles. The monoisotopic (exact) mass is 267 g/mol. The van der Waals surface area contributed by atoms with Crippen molar-refractivity contribution in [1.82, 2.24) is 15.0 Å². The van der Waals surface area contributed by atoms with Gasteiger partial charge in [0.25, 0.3) is 0 Å². The van der Waals surface area contributed by atoms with Crippen LogP contribution in [0.15, 0.2) is 0 Å². The summed E-state index contributed by atoms with van der Waals surface area (Å²) in [5.74, 6) is -2.15. The second kappa shape index (κ2) is 5.38. The maximum absolute atomic E-state index is 11.2. The maximum atomic E-state index is 11.2. The standard InChI is InChI=1S/C12H17N3O4/c1-7(11(16)17)15-10(8-5-3-2-4-6-8)9(12(18)19)13-14-15/h7-8H,2-6H2,1H3,(H,16,17)(H,18,19). The number of aromatic nitrogens is 3. The summed E-state index contributed by atoms with van der Waals surface area (Å²) >= 11 is 0. The zero-order valence-electron chi connectivity index (χ0n) is 10.7. The van der Waals surface area contributed by atoms with Gasteiger partial charge in [-0.15, -0.1) is 5.10 Å². The average Bonchev–Trinajstić information content (AvgIpc) is 2.83. The lowest BCUT2D eigenvalue weighted by Crippen LogP contribution is -2.22. The van der Waals surface area contributed by atoms with Crippen molar-refractivity contribution >= 4 is 11.9 Å². The van der Waals surface area contributed by atoms with E-state index in [1.165, 1.54) is 11.6 Å². The Balaban J connectivity index is 2.43. The Kier molecular flexibility index (Phi) is 3.82. The fourth-order valence-electron chi connectivity index (χ4n) is 2.60. The molecule has 104 valence electrons. The largest absolute Gasteiger partial charge is 0.480 e. The van der Waals surface area contributed by atoms with Crippen molar-refractivity contribution in [1.29, 1.82) is 0 Å². The summed E-state index contributed by atoms with van der Waals surface area (Å²) in [6, 6.07) is -0.905. The Bertz CT molecular complexity index is 491. The molecule has 0 spiro atoms. The van der Waals surface area contributed by atoms with Crippen LogP contribution in [0.2, 0.25) is 0 Å². The van der Waals surface area contributed by atoms with Crippen LogP contribution in [0.1, 0.15) is 67.2 Å². The number of aliphatic carboxylic acids is 1. The molecule has 0 radical (unpaired) electrons. The highest BCUT2D eigenvalue weighted by Crippen LogP contribution is 2.34. The third-order valence-electron chi connectivity index (χ3n) is 3.65. The van der Waals surface area contributed by atoms with Crippen LogP contribution in [-0.4, -0.2) is 37.1 Å². The lowest BCUT2D eigenvalue weighted by molar-refractivity contribution is -0.140. The Hall–Kier alpha value is -1.92. The van der Waals surface area contributed by atoms with Gasteiger partial charge in [-0.1, -0.05) is 24.5 Å². The van der Waals surface area contributed by atoms with Crippen LogP contribution < -0.4 is 0 Å². The molecular formula is C12H17N3O4. The van der Waals surface area contributed by atoms with E-state index < -0.39 is 18.0 Å². The summed E-state index contributed by atoms with van der Waals surface area (Å²) < 4.78 is 1.25. The molecular weight excluding hydrogens is 250 g/mol. The number of aromatic carboxylic acids is 1. The number of hydrogen-bond acceptors (Lipinski definition) is 4. The van der Waals surface area contributed by atoms with Crippen LogP contribution in [0, 0.1) is 0 Å². The van der Waals surface area contributed by atoms with Gasteiger partial charge in [0.05, 0.1) is 5.69 Å². The molecule has 19 heavy (non-hydrogen) atoms. The van der Waals surface area contributed by atoms with E-state index in [0.29, 0.717) is 5.69 Å². The summed E-state index contributed by atoms with van der Waals surface area (Å²) in [6.45, 7) is 1.48. The second-order valence-electron chi connectivity index (χ2n) is 4.92. The first-order valence-electron chi connectivity index (χ1n) is 6.43. The second-order valence-corrected chi connectivity index (χ2v) is 4.92. The third-order valence-corrected chi connectivity index (χ3v) is 3.65. The van der Waals surface area contributed by atoms with E-state index in [9.17, 15) is 9.59 Å². The normalized spacial score (nSPS) is 18.2. The van der Waals surface area contributed by atoms with Gasteiger partial charge in [0.15, 0.2) is 5.69 Å². The van der Waals surface area contributed by atoms with E-state index in [1.807, 2.05) is 0 Å². The molecule has 0 saturated heterocycles. The summed E-state index contributed by atoms with van der Waals surface area (Å²) in [6.07, 6.45) is 4.90. The number of carboxylic acid groups (broad SMARTS) is 2. The number of hydrogen-bond donors (Lipinski definition) is 2. The first-order valence-corrected chi connectivity index (χ1v) is 6.43. The number of rotatable bonds is 4. The molecule has 0 aromatic carbocycles. The molecule has 1 heterocycles. The van der Waals surface area contributed by atoms with Gasteiger partial charge in [-0.05, 0) is 19.8 Å². The molecule has 1 atom stereocenters. The first-order chi connectivity index (χ1) is 9.02. The fourth-order valence-corrected chi connectivity index (χ4v) is 2.60. The maximum Gasteiger partial charge on any atom is 0.358 e. The molecule has 0 bridgehead atoms. The Morgan fingerprint density at radius 1 is 1.26 bits per heavy atom. The zero-order chi connectivity index (χ0) is 14.0. The Morgan fingerprint density at radius 2 is 1.89 bits per heavy atom. The molecule has 2 rings (SSSR count). The van der Waals surface area contributed by atoms with Crippen LogP contribution in [0.5, 0.6) is 0 Å². The van der Waals surface area contributed by atoms with Crippen molar-refractivity contribution in [2.45, 2.75) is 51.0 Å². The third kappa shape index (κ3) is 2.59. The minimum atomic E-state index is -1.15. The van der Waals surface area contributed by atoms with Crippen molar-refractivity contribution in [3.05, 3.63) is 11.4 Å². The van der Waals surface area contributed by atoms with Crippen LogP contribution >= 0.6 is 0 Å². The van der Waals surface area contributed by atoms with Gasteiger partial charge in [-0.2, -0.15) is 0 Å². The average molecular weight is 267 g/mol. The van der Waals surface area contributed by atoms with Gasteiger partial charge in [0, 0.05) is 5.92 Å². The fraction of sp³-hybridized carbons (Fsp3) is 0.667. The van der Waals surface area contributed by atoms with Gasteiger partial charge in [-0.3, -0.25) is 0 Å². The van der Waals surface area contributed by atoms with E-state index >= 15 is 0 Å². The summed E-state index contributed by atoms with van der Waals surface area (Å²) in [5, 5.41) is 25.6. The van der Waals surface area contributed by atoms with Crippen LogP contribution in [0.3, 0.4) is 0 Å². The molecule has 1 aliphatic carbocycles. The van der Waals surface area contributed by atoms with Gasteiger partial charge < -0.3 is 10.2 Å². The molecule has 1 fully saturated rings. The zero-order valence-corrected chi connectivity index (χ0v) is 10.7. The predicted molar refractivity (Wildman–Crippen MR) is 65.2 cm³/mol. The highest BCUT2D eigenvalue weighted by atomic mass is 16.4. The van der Waals surface area contributed by atoms with E-state index in [2.05, 4.69) is 10.3 Å². The number of nitrogens with zero attached hydrogens (tertiary/aromatic N) is 3. The number of carbonyl (C=O) groups is 2. The lowest BCUT2D eigenvalue weighted by atomic mass is 9.86. The molecule has 1 aromatic heterocycles. The van der Waals surface area contributed by atoms with E-state index in [1.54, 1.807) is 0 Å². The van der Waals surface area contributed by atoms with Crippen molar-refractivity contribution in [3.8, 4) is 0 Å². The molecule has 1 unspecified atom stereocenters. The van der Waals surface area contributed by atoms with Gasteiger partial charge in [-0.25, -0.2) is 14.3 Å². The van der Waals surface area contributed by atoms with Gasteiger partial charge >= 0.3 is 11.9 Å². The Labute approximate surface area is 110 Å². The molecule has 1 aliphatic rings. The quantitative estimate of drug-likeness (QED) is 0.859. The molecule has 2 N–H and O–H groups in total. The summed E-state index contributed by atoms with van der Waals surface area (Å²) in [5.41, 5.74) is 0.349. The number of carboxylic acids is 2. The van der Waals surface area contributed by atoms with E-state index in [-0.39, 0.29) is 11.6 Å². The predicted octanol–water partition coefficient (Wildman–Crippen LogP) is 1.67. The van der Waals surface area contributed by atoms with Gasteiger partial charge in [0.1, 0.15) is 6.04 Å². The topological polar surface area (TPSA) is 105 Å². The molecule has 7 heteroatoms. The van der Waals surface area contributed by atoms with Crippen molar-refractivity contribution in [2.24, 2.45) is 0 Å². The van der Waals surface area contributed by atoms with Crippen LogP contribution in [-0.2, 0) is 4.79 Å². The lowest BCUT2D eigenvalue weighted by Gasteiger charge is -2.23. The Morgan fingerprint density at radius 3 is 2.42 bits per heavy atom. The smallest absolute Gasteiger partial charge is 0.358 e. The van der Waals surface area contributed by atoms with Crippen LogP contribution in [0.25, 0.3) is 0 Å². The SMILES string of the molecule is CC(C(=O)O)n1nnc(C(=O)O)c1C1CCCCC1. The van der Waals surface area contributed by atoms with Gasteiger partial charge in [0.2, 0.25) is 0 Å². The molecule has 1 aromatic rings. The van der Waals surface area contributed by atoms with Crippen LogP contribution in [0.4, 0.5) is 0 Å². The van der Waals surface area contributed by atoms with E-state index in [4.69, 9.17) is 10.2 Å².